The molecule has 2 heterocycles. The Bertz CT molecular complexity index is 959. The van der Waals surface area contributed by atoms with E-state index in [0.29, 0.717) is 13.0 Å². The van der Waals surface area contributed by atoms with Gasteiger partial charge < -0.3 is 10.2 Å². The molecule has 4 rings (SSSR count). The van der Waals surface area contributed by atoms with E-state index in [1.807, 2.05) is 36.7 Å². The molecule has 0 bridgehead atoms. The second-order valence-corrected chi connectivity index (χ2v) is 7.03. The Morgan fingerprint density at radius 2 is 1.89 bits per heavy atom. The van der Waals surface area contributed by atoms with E-state index in [2.05, 4.69) is 51.7 Å². The Morgan fingerprint density at radius 3 is 2.63 bits per heavy atom. The van der Waals surface area contributed by atoms with Gasteiger partial charge in [0.15, 0.2) is 0 Å². The molecule has 27 heavy (non-hydrogen) atoms. The largest absolute Gasteiger partial charge is 0.341 e. The molecule has 5 heteroatoms. The maximum atomic E-state index is 12.2. The Kier molecular flexibility index (Phi) is 4.67. The summed E-state index contributed by atoms with van der Waals surface area (Å²) in [7, 11) is 0. The molecule has 0 aliphatic carbocycles. The first-order valence-corrected chi connectivity index (χ1v) is 9.36. The quantitative estimate of drug-likeness (QED) is 0.741. The zero-order valence-corrected chi connectivity index (χ0v) is 15.8. The number of benzene rings is 2. The molecule has 1 aliphatic heterocycles. The fourth-order valence-electron chi connectivity index (χ4n) is 3.66. The summed E-state index contributed by atoms with van der Waals surface area (Å²) in [4.78, 5) is 14.6. The molecule has 0 spiro atoms. The molecule has 1 aromatic heterocycles. The highest BCUT2D eigenvalue weighted by Gasteiger charge is 2.19. The van der Waals surface area contributed by atoms with Crippen LogP contribution in [0.1, 0.15) is 23.4 Å². The zero-order valence-electron chi connectivity index (χ0n) is 15.8. The lowest BCUT2D eigenvalue weighted by Crippen LogP contribution is -2.16. The number of carbonyl (C=O) groups is 1. The third-order valence-corrected chi connectivity index (χ3v) is 5.00. The van der Waals surface area contributed by atoms with Crippen LogP contribution < -0.4 is 10.2 Å². The summed E-state index contributed by atoms with van der Waals surface area (Å²) in [6.07, 6.45) is 1.48. The van der Waals surface area contributed by atoms with Crippen molar-refractivity contribution in [2.24, 2.45) is 0 Å². The van der Waals surface area contributed by atoms with Crippen molar-refractivity contribution < 1.29 is 4.79 Å². The number of carbonyl (C=O) groups excluding carboxylic acids is 1. The lowest BCUT2D eigenvalue weighted by atomic mass is 10.2. The van der Waals surface area contributed by atoms with Crippen LogP contribution in [0.2, 0.25) is 0 Å². The minimum atomic E-state index is 0.00169. The van der Waals surface area contributed by atoms with Crippen molar-refractivity contribution in [3.63, 3.8) is 0 Å². The minimum absolute atomic E-state index is 0.00169. The Labute approximate surface area is 159 Å². The summed E-state index contributed by atoms with van der Waals surface area (Å²) >= 11 is 0. The number of amides is 1. The van der Waals surface area contributed by atoms with Gasteiger partial charge in [0, 0.05) is 42.3 Å². The van der Waals surface area contributed by atoms with Gasteiger partial charge in [0.25, 0.3) is 0 Å². The molecule has 2 aromatic carbocycles. The van der Waals surface area contributed by atoms with Gasteiger partial charge in [-0.15, -0.1) is 0 Å². The molecule has 1 aliphatic rings. The number of para-hydroxylation sites is 1. The summed E-state index contributed by atoms with van der Waals surface area (Å²) in [5, 5.41) is 7.37. The summed E-state index contributed by atoms with van der Waals surface area (Å²) in [6.45, 7) is 5.55. The molecule has 1 amide bonds. The van der Waals surface area contributed by atoms with E-state index in [4.69, 9.17) is 0 Å². The predicted octanol–water partition coefficient (Wildman–Crippen LogP) is 4.22. The van der Waals surface area contributed by atoms with Gasteiger partial charge in [-0.2, -0.15) is 5.10 Å². The van der Waals surface area contributed by atoms with E-state index in [1.165, 1.54) is 11.3 Å². The average molecular weight is 360 g/mol. The minimum Gasteiger partial charge on any atom is -0.341 e. The Balaban J connectivity index is 1.37. The summed E-state index contributed by atoms with van der Waals surface area (Å²) in [6, 6.07) is 18.6. The van der Waals surface area contributed by atoms with Gasteiger partial charge in [0.05, 0.1) is 5.69 Å². The molecule has 0 saturated carbocycles. The monoisotopic (exact) mass is 360 g/mol. The molecular formula is C22H24N4O. The first kappa shape index (κ1) is 17.3. The summed E-state index contributed by atoms with van der Waals surface area (Å²) in [5.74, 6) is 0.00169. The van der Waals surface area contributed by atoms with E-state index >= 15 is 0 Å². The molecule has 3 aromatic rings. The maximum absolute atomic E-state index is 12.2. The van der Waals surface area contributed by atoms with Crippen LogP contribution in [0.15, 0.2) is 54.6 Å². The predicted molar refractivity (Wildman–Crippen MR) is 109 cm³/mol. The molecule has 5 nitrogen and oxygen atoms in total. The normalized spacial score (nSPS) is 12.9. The van der Waals surface area contributed by atoms with Gasteiger partial charge in [0.2, 0.25) is 5.91 Å². The van der Waals surface area contributed by atoms with Crippen molar-refractivity contribution in [1.29, 1.82) is 0 Å². The first-order valence-electron chi connectivity index (χ1n) is 9.36. The van der Waals surface area contributed by atoms with Crippen LogP contribution in [-0.4, -0.2) is 22.2 Å². The lowest BCUT2D eigenvalue weighted by Gasteiger charge is -2.20. The van der Waals surface area contributed by atoms with E-state index in [0.717, 1.165) is 35.7 Å². The number of hydrogen-bond donors (Lipinski definition) is 1. The first-order chi connectivity index (χ1) is 13.1. The van der Waals surface area contributed by atoms with Crippen molar-refractivity contribution in [2.75, 3.05) is 16.8 Å². The van der Waals surface area contributed by atoms with Crippen molar-refractivity contribution in [3.8, 4) is 0 Å². The van der Waals surface area contributed by atoms with Crippen LogP contribution in [0, 0.1) is 13.8 Å². The third-order valence-electron chi connectivity index (χ3n) is 5.00. The van der Waals surface area contributed by atoms with E-state index < -0.39 is 0 Å². The molecule has 1 N–H and O–H groups in total. The number of aryl methyl sites for hydroxylation is 3. The fourth-order valence-corrected chi connectivity index (χ4v) is 3.66. The maximum Gasteiger partial charge on any atom is 0.226 e. The van der Waals surface area contributed by atoms with Crippen LogP contribution in [0.3, 0.4) is 0 Å². The Morgan fingerprint density at radius 1 is 1.11 bits per heavy atom. The molecular weight excluding hydrogens is 336 g/mol. The van der Waals surface area contributed by atoms with Crippen molar-refractivity contribution in [1.82, 2.24) is 9.78 Å². The van der Waals surface area contributed by atoms with Crippen molar-refractivity contribution in [3.05, 3.63) is 71.5 Å². The fraction of sp³-hybridized carbons (Fsp3) is 0.273. The van der Waals surface area contributed by atoms with Crippen molar-refractivity contribution in [2.45, 2.75) is 33.2 Å². The van der Waals surface area contributed by atoms with Crippen LogP contribution >= 0.6 is 0 Å². The highest BCUT2D eigenvalue weighted by atomic mass is 16.1. The number of aromatic nitrogens is 2. The van der Waals surface area contributed by atoms with Crippen molar-refractivity contribution >= 4 is 23.0 Å². The second-order valence-electron chi connectivity index (χ2n) is 7.03. The highest BCUT2D eigenvalue weighted by molar-refractivity contribution is 5.91. The van der Waals surface area contributed by atoms with Crippen LogP contribution in [0.5, 0.6) is 0 Å². The van der Waals surface area contributed by atoms with Gasteiger partial charge in [-0.3, -0.25) is 9.48 Å². The number of rotatable bonds is 5. The topological polar surface area (TPSA) is 50.2 Å². The molecule has 0 radical (unpaired) electrons. The molecule has 0 saturated heterocycles. The molecule has 138 valence electrons. The summed E-state index contributed by atoms with van der Waals surface area (Å²) < 4.78 is 1.88. The van der Waals surface area contributed by atoms with Gasteiger partial charge in [-0.1, -0.05) is 18.2 Å². The van der Waals surface area contributed by atoms with Crippen LogP contribution in [0.4, 0.5) is 17.1 Å². The standard InChI is InChI=1S/C22H24N4O/c1-16-15-17(2)26(24-16)14-12-22(27)23-19-7-9-20(10-8-19)25-13-11-18-5-3-4-6-21(18)25/h3-10,15H,11-14H2,1-2H3,(H,23,27). The highest BCUT2D eigenvalue weighted by Crippen LogP contribution is 2.34. The smallest absolute Gasteiger partial charge is 0.226 e. The van der Waals surface area contributed by atoms with E-state index in [1.54, 1.807) is 0 Å². The zero-order chi connectivity index (χ0) is 18.8. The number of fused-ring (bicyclic) bond motifs is 1. The van der Waals surface area contributed by atoms with Gasteiger partial charge in [-0.05, 0) is 62.2 Å². The number of hydrogen-bond acceptors (Lipinski definition) is 3. The summed E-state index contributed by atoms with van der Waals surface area (Å²) in [5.41, 5.74) is 6.70. The van der Waals surface area contributed by atoms with E-state index in [-0.39, 0.29) is 5.91 Å². The van der Waals surface area contributed by atoms with E-state index in [9.17, 15) is 4.79 Å². The Hall–Kier alpha value is -3.08. The molecule has 0 atom stereocenters. The average Bonchev–Trinajstić information content (AvgIpc) is 3.23. The number of nitrogens with one attached hydrogen (secondary N) is 1. The third kappa shape index (κ3) is 3.72. The van der Waals surface area contributed by atoms with Gasteiger partial charge in [-0.25, -0.2) is 0 Å². The number of anilines is 3. The second kappa shape index (κ2) is 7.27. The molecule has 0 fully saturated rings. The van der Waals surface area contributed by atoms with Crippen LogP contribution in [0.25, 0.3) is 0 Å². The van der Waals surface area contributed by atoms with Gasteiger partial charge >= 0.3 is 0 Å². The van der Waals surface area contributed by atoms with Gasteiger partial charge in [0.1, 0.15) is 0 Å². The lowest BCUT2D eigenvalue weighted by molar-refractivity contribution is -0.116. The number of nitrogens with zero attached hydrogens (tertiary/aromatic N) is 3. The SMILES string of the molecule is Cc1cc(C)n(CCC(=O)Nc2ccc(N3CCc4ccccc43)cc2)n1. The molecule has 0 unspecified atom stereocenters. The van der Waals surface area contributed by atoms with Crippen LogP contribution in [-0.2, 0) is 17.8 Å².